The summed E-state index contributed by atoms with van der Waals surface area (Å²) in [4.78, 5) is 11.8. The molecule has 144 valence electrons. The van der Waals surface area contributed by atoms with Gasteiger partial charge in [0.05, 0.1) is 0 Å². The lowest BCUT2D eigenvalue weighted by Crippen LogP contribution is -2.30. The Bertz CT molecular complexity index is 802. The van der Waals surface area contributed by atoms with Crippen LogP contribution in [0.3, 0.4) is 0 Å². The van der Waals surface area contributed by atoms with Crippen LogP contribution in [0.5, 0.6) is 0 Å². The molecule has 0 amide bonds. The lowest BCUT2D eigenvalue weighted by Gasteiger charge is -2.40. The van der Waals surface area contributed by atoms with Gasteiger partial charge in [-0.05, 0) is 80.5 Å². The predicted octanol–water partition coefficient (Wildman–Crippen LogP) is 6.66. The second-order valence-corrected chi connectivity index (χ2v) is 8.94. The number of rotatable bonds is 6. The van der Waals surface area contributed by atoms with Gasteiger partial charge < -0.3 is 5.11 Å². The zero-order valence-electron chi connectivity index (χ0n) is 14.8. The Morgan fingerprint density at radius 2 is 1.81 bits per heavy atom. The molecular formula is C21H21ClF2O2S. The van der Waals surface area contributed by atoms with Crippen LogP contribution in [0, 0.1) is 17.6 Å². The number of hydrogen-bond donors (Lipinski definition) is 1. The summed E-state index contributed by atoms with van der Waals surface area (Å²) in [6.45, 7) is 0. The number of carboxylic acid groups (broad SMARTS) is 1. The van der Waals surface area contributed by atoms with E-state index in [4.69, 9.17) is 16.7 Å². The van der Waals surface area contributed by atoms with Gasteiger partial charge in [-0.2, -0.15) is 0 Å². The van der Waals surface area contributed by atoms with Gasteiger partial charge >= 0.3 is 5.97 Å². The molecule has 27 heavy (non-hydrogen) atoms. The molecular weight excluding hydrogens is 390 g/mol. The van der Waals surface area contributed by atoms with Crippen molar-refractivity contribution in [2.45, 2.75) is 48.2 Å². The van der Waals surface area contributed by atoms with Crippen molar-refractivity contribution in [3.8, 4) is 0 Å². The first-order chi connectivity index (χ1) is 12.9. The summed E-state index contributed by atoms with van der Waals surface area (Å²) in [6.07, 6.45) is 3.71. The van der Waals surface area contributed by atoms with Crippen LogP contribution >= 0.6 is 23.4 Å². The number of halogens is 3. The maximum Gasteiger partial charge on any atom is 0.303 e. The third-order valence-electron chi connectivity index (χ3n) is 5.23. The highest BCUT2D eigenvalue weighted by atomic mass is 35.5. The Morgan fingerprint density at radius 1 is 1.15 bits per heavy atom. The van der Waals surface area contributed by atoms with Crippen LogP contribution in [-0.2, 0) is 9.54 Å². The summed E-state index contributed by atoms with van der Waals surface area (Å²) in [5.41, 5.74) is 0.388. The van der Waals surface area contributed by atoms with Crippen LogP contribution in [0.1, 0.15) is 44.1 Å². The first-order valence-electron chi connectivity index (χ1n) is 9.00. The van der Waals surface area contributed by atoms with Gasteiger partial charge in [0.15, 0.2) is 0 Å². The van der Waals surface area contributed by atoms with E-state index in [-0.39, 0.29) is 6.42 Å². The first kappa shape index (κ1) is 20.2. The van der Waals surface area contributed by atoms with E-state index >= 15 is 0 Å². The third kappa shape index (κ3) is 5.02. The number of benzene rings is 2. The smallest absolute Gasteiger partial charge is 0.303 e. The van der Waals surface area contributed by atoms with Crippen molar-refractivity contribution < 1.29 is 18.7 Å². The quantitative estimate of drug-likeness (QED) is 0.578. The van der Waals surface area contributed by atoms with E-state index < -0.39 is 22.4 Å². The molecule has 0 spiro atoms. The minimum Gasteiger partial charge on any atom is -0.481 e. The van der Waals surface area contributed by atoms with Crippen molar-refractivity contribution in [1.82, 2.24) is 0 Å². The molecule has 0 atom stereocenters. The van der Waals surface area contributed by atoms with Crippen LogP contribution in [0.25, 0.3) is 0 Å². The molecule has 1 aliphatic carbocycles. The minimum atomic E-state index is -0.793. The average Bonchev–Trinajstić information content (AvgIpc) is 2.65. The summed E-state index contributed by atoms with van der Waals surface area (Å²) in [7, 11) is 0. The minimum absolute atomic E-state index is 0.149. The van der Waals surface area contributed by atoms with Gasteiger partial charge in [0.25, 0.3) is 0 Å². The maximum absolute atomic E-state index is 14.6. The Kier molecular flexibility index (Phi) is 6.43. The van der Waals surface area contributed by atoms with Crippen molar-refractivity contribution in [3.63, 3.8) is 0 Å². The maximum atomic E-state index is 14.6. The molecule has 0 saturated heterocycles. The largest absolute Gasteiger partial charge is 0.481 e. The molecule has 3 rings (SSSR count). The lowest BCUT2D eigenvalue weighted by atomic mass is 9.76. The summed E-state index contributed by atoms with van der Waals surface area (Å²) in [5, 5.41) is 9.53. The van der Waals surface area contributed by atoms with Crippen LogP contribution < -0.4 is 0 Å². The lowest BCUT2D eigenvalue weighted by molar-refractivity contribution is -0.137. The Labute approximate surface area is 166 Å². The number of hydrogen-bond acceptors (Lipinski definition) is 2. The highest BCUT2D eigenvalue weighted by Gasteiger charge is 2.40. The summed E-state index contributed by atoms with van der Waals surface area (Å²) >= 11 is 7.51. The molecule has 1 fully saturated rings. The second-order valence-electron chi connectivity index (χ2n) is 7.05. The molecule has 2 nitrogen and oxygen atoms in total. The fourth-order valence-electron chi connectivity index (χ4n) is 3.76. The summed E-state index contributed by atoms with van der Waals surface area (Å²) in [5.74, 6) is -1.34. The second kappa shape index (κ2) is 8.61. The van der Waals surface area contributed by atoms with Gasteiger partial charge in [-0.3, -0.25) is 4.79 Å². The molecule has 2 aromatic rings. The SMILES string of the molecule is O=C(O)CC[C@H]1CC[C@@](Sc2ccc(Cl)cc2)(c2cc(F)ccc2F)CC1. The van der Waals surface area contributed by atoms with Gasteiger partial charge in [-0.15, -0.1) is 11.8 Å². The zero-order chi connectivity index (χ0) is 19.4. The van der Waals surface area contributed by atoms with E-state index in [0.717, 1.165) is 23.8 Å². The van der Waals surface area contributed by atoms with E-state index in [0.29, 0.717) is 35.8 Å². The van der Waals surface area contributed by atoms with Crippen molar-refractivity contribution >= 4 is 29.3 Å². The Hall–Kier alpha value is -1.59. The Balaban J connectivity index is 1.87. The molecule has 0 aliphatic heterocycles. The highest BCUT2D eigenvalue weighted by Crippen LogP contribution is 2.53. The molecule has 0 bridgehead atoms. The van der Waals surface area contributed by atoms with Crippen LogP contribution in [0.4, 0.5) is 8.78 Å². The molecule has 6 heteroatoms. The topological polar surface area (TPSA) is 37.3 Å². The predicted molar refractivity (Wildman–Crippen MR) is 104 cm³/mol. The van der Waals surface area contributed by atoms with E-state index in [2.05, 4.69) is 0 Å². The molecule has 0 aromatic heterocycles. The van der Waals surface area contributed by atoms with Gasteiger partial charge in [0, 0.05) is 26.6 Å². The molecule has 0 radical (unpaired) electrons. The third-order valence-corrected chi connectivity index (χ3v) is 7.00. The van der Waals surface area contributed by atoms with Gasteiger partial charge in [0.2, 0.25) is 0 Å². The van der Waals surface area contributed by atoms with Gasteiger partial charge in [-0.25, -0.2) is 8.78 Å². The average molecular weight is 411 g/mol. The number of carboxylic acids is 1. The monoisotopic (exact) mass is 410 g/mol. The highest BCUT2D eigenvalue weighted by molar-refractivity contribution is 8.00. The van der Waals surface area contributed by atoms with E-state index in [1.165, 1.54) is 12.1 Å². The van der Waals surface area contributed by atoms with Crippen molar-refractivity contribution in [2.75, 3.05) is 0 Å². The number of aliphatic carboxylic acids is 1. The van der Waals surface area contributed by atoms with Crippen molar-refractivity contribution in [3.05, 3.63) is 64.7 Å². The fraction of sp³-hybridized carbons (Fsp3) is 0.381. The van der Waals surface area contributed by atoms with E-state index in [1.807, 2.05) is 12.1 Å². The fourth-order valence-corrected chi connectivity index (χ4v) is 5.32. The van der Waals surface area contributed by atoms with Gasteiger partial charge in [-0.1, -0.05) is 11.6 Å². The van der Waals surface area contributed by atoms with E-state index in [9.17, 15) is 13.6 Å². The van der Waals surface area contributed by atoms with Crippen LogP contribution in [0.15, 0.2) is 47.4 Å². The zero-order valence-corrected chi connectivity index (χ0v) is 16.3. The molecule has 1 N–H and O–H groups in total. The molecule has 2 aromatic carbocycles. The van der Waals surface area contributed by atoms with Crippen LogP contribution in [-0.4, -0.2) is 11.1 Å². The summed E-state index contributed by atoms with van der Waals surface area (Å²) in [6, 6.07) is 11.0. The van der Waals surface area contributed by atoms with Gasteiger partial charge in [0.1, 0.15) is 11.6 Å². The standard InChI is InChI=1S/C21H21ClF2O2S/c22-15-2-5-17(6-3-15)27-21(18-13-16(23)4-7-19(18)24)11-9-14(10-12-21)1-8-20(25)26/h2-7,13-14H,1,8-12H2,(H,25,26)/t14-,21-. The van der Waals surface area contributed by atoms with Crippen molar-refractivity contribution in [1.29, 1.82) is 0 Å². The van der Waals surface area contributed by atoms with E-state index in [1.54, 1.807) is 23.9 Å². The van der Waals surface area contributed by atoms with Crippen molar-refractivity contribution in [2.24, 2.45) is 5.92 Å². The Morgan fingerprint density at radius 3 is 2.44 bits per heavy atom. The molecule has 1 saturated carbocycles. The normalized spacial score (nSPS) is 22.6. The number of thioether (sulfide) groups is 1. The van der Waals surface area contributed by atoms with Crippen LogP contribution in [0.2, 0.25) is 5.02 Å². The number of carbonyl (C=O) groups is 1. The summed E-state index contributed by atoms with van der Waals surface area (Å²) < 4.78 is 28.0. The first-order valence-corrected chi connectivity index (χ1v) is 10.2. The molecule has 1 aliphatic rings. The molecule has 0 heterocycles. The molecule has 0 unspecified atom stereocenters.